The molecule has 108 valence electrons. The van der Waals surface area contributed by atoms with Crippen molar-refractivity contribution < 1.29 is 13.9 Å². The van der Waals surface area contributed by atoms with Crippen LogP contribution in [0.1, 0.15) is 26.7 Å². The van der Waals surface area contributed by atoms with Crippen LogP contribution in [0.4, 0.5) is 20.4 Å². The van der Waals surface area contributed by atoms with Crippen LogP contribution in [-0.4, -0.2) is 23.2 Å². The number of hydrogen-bond donors (Lipinski definition) is 4. The van der Waals surface area contributed by atoms with Crippen molar-refractivity contribution in [3.63, 3.8) is 0 Å². The number of aromatic nitrogens is 1. The normalized spacial score (nSPS) is 11.5. The fraction of sp³-hybridized carbons (Fsp3) is 0.583. The summed E-state index contributed by atoms with van der Waals surface area (Å²) in [5.41, 5.74) is 1.93. The Hall–Kier alpha value is -1.47. The number of pyridine rings is 1. The molecule has 1 rings (SSSR count). The van der Waals surface area contributed by atoms with E-state index in [9.17, 15) is 8.78 Å². The van der Waals surface area contributed by atoms with Crippen LogP contribution >= 0.6 is 0 Å². The van der Waals surface area contributed by atoms with Crippen LogP contribution < -0.4 is 16.6 Å². The molecular formula is C12H20F2N4O. The highest BCUT2D eigenvalue weighted by Gasteiger charge is 2.19. The van der Waals surface area contributed by atoms with Crippen molar-refractivity contribution in [1.29, 1.82) is 0 Å². The predicted molar refractivity (Wildman–Crippen MR) is 70.6 cm³/mol. The van der Waals surface area contributed by atoms with Gasteiger partial charge in [0.15, 0.2) is 23.3 Å². The minimum absolute atomic E-state index is 0.0496. The fourth-order valence-corrected chi connectivity index (χ4v) is 1.66. The Labute approximate surface area is 111 Å². The summed E-state index contributed by atoms with van der Waals surface area (Å²) in [6.45, 7) is 4.54. The highest BCUT2D eigenvalue weighted by Crippen LogP contribution is 2.24. The molecule has 0 aliphatic heterocycles. The van der Waals surface area contributed by atoms with E-state index in [-0.39, 0.29) is 23.7 Å². The highest BCUT2D eigenvalue weighted by atomic mass is 19.1. The first-order chi connectivity index (χ1) is 8.89. The van der Waals surface area contributed by atoms with Crippen LogP contribution in [0.15, 0.2) is 6.07 Å². The van der Waals surface area contributed by atoms with Gasteiger partial charge in [0.1, 0.15) is 0 Å². The number of rotatable bonds is 7. The Bertz CT molecular complexity index is 426. The lowest BCUT2D eigenvalue weighted by atomic mass is 9.88. The van der Waals surface area contributed by atoms with Gasteiger partial charge in [-0.25, -0.2) is 19.6 Å². The molecule has 0 fully saturated rings. The highest BCUT2D eigenvalue weighted by molar-refractivity contribution is 5.46. The van der Waals surface area contributed by atoms with E-state index >= 15 is 0 Å². The molecule has 0 bridgehead atoms. The van der Waals surface area contributed by atoms with E-state index < -0.39 is 11.6 Å². The molecule has 0 saturated carbocycles. The molecule has 0 saturated heterocycles. The number of hydrogen-bond acceptors (Lipinski definition) is 5. The Balaban J connectivity index is 2.72. The zero-order valence-electron chi connectivity index (χ0n) is 11.1. The van der Waals surface area contributed by atoms with E-state index in [2.05, 4.69) is 15.7 Å². The van der Waals surface area contributed by atoms with Gasteiger partial charge >= 0.3 is 0 Å². The van der Waals surface area contributed by atoms with Gasteiger partial charge in [-0.2, -0.15) is 0 Å². The van der Waals surface area contributed by atoms with Gasteiger partial charge in [0.05, 0.1) is 0 Å². The zero-order chi connectivity index (χ0) is 14.5. The number of halogens is 2. The van der Waals surface area contributed by atoms with E-state index in [1.807, 2.05) is 13.8 Å². The summed E-state index contributed by atoms with van der Waals surface area (Å²) in [6.07, 6.45) is 1.45. The number of anilines is 2. The molecule has 5 nitrogen and oxygen atoms in total. The number of aliphatic hydroxyl groups is 1. The molecular weight excluding hydrogens is 254 g/mol. The molecule has 1 aromatic rings. The van der Waals surface area contributed by atoms with Crippen LogP contribution in [-0.2, 0) is 0 Å². The molecule has 0 radical (unpaired) electrons. The summed E-state index contributed by atoms with van der Waals surface area (Å²) in [7, 11) is 0. The lowest BCUT2D eigenvalue weighted by Gasteiger charge is -2.25. The number of nitrogens with one attached hydrogen (secondary N) is 2. The number of nitrogen functional groups attached to an aromatic ring is 1. The quantitative estimate of drug-likeness (QED) is 0.450. The topological polar surface area (TPSA) is 83.2 Å². The van der Waals surface area contributed by atoms with Crippen molar-refractivity contribution in [3.8, 4) is 0 Å². The van der Waals surface area contributed by atoms with Gasteiger partial charge in [0.2, 0.25) is 0 Å². The van der Waals surface area contributed by atoms with Crippen LogP contribution in [0.2, 0.25) is 0 Å². The third-order valence-corrected chi connectivity index (χ3v) is 2.81. The van der Waals surface area contributed by atoms with Gasteiger partial charge in [0.25, 0.3) is 0 Å². The average molecular weight is 274 g/mol. The van der Waals surface area contributed by atoms with Crippen molar-refractivity contribution in [2.45, 2.75) is 26.7 Å². The maximum absolute atomic E-state index is 13.5. The van der Waals surface area contributed by atoms with Crippen LogP contribution in [0.25, 0.3) is 0 Å². The molecule has 5 N–H and O–H groups in total. The number of nitrogens with zero attached hydrogens (tertiary/aromatic N) is 1. The molecule has 7 heteroatoms. The van der Waals surface area contributed by atoms with Crippen molar-refractivity contribution in [2.75, 3.05) is 23.9 Å². The van der Waals surface area contributed by atoms with Crippen LogP contribution in [0, 0.1) is 17.0 Å². The smallest absolute Gasteiger partial charge is 0.178 e. The molecule has 0 amide bonds. The minimum atomic E-state index is -0.843. The third kappa shape index (κ3) is 4.60. The summed E-state index contributed by atoms with van der Waals surface area (Å²) >= 11 is 0. The van der Waals surface area contributed by atoms with Gasteiger partial charge < -0.3 is 15.8 Å². The van der Waals surface area contributed by atoms with Gasteiger partial charge in [0, 0.05) is 19.2 Å². The van der Waals surface area contributed by atoms with E-state index in [0.717, 1.165) is 12.5 Å². The zero-order valence-corrected chi connectivity index (χ0v) is 11.1. The number of nitrogens with two attached hydrogens (primary N) is 1. The van der Waals surface area contributed by atoms with Crippen molar-refractivity contribution >= 4 is 11.6 Å². The lowest BCUT2D eigenvalue weighted by Crippen LogP contribution is -2.24. The molecule has 0 atom stereocenters. The minimum Gasteiger partial charge on any atom is -0.396 e. The second-order valence-electron chi connectivity index (χ2n) is 5.14. The molecule has 1 aromatic heterocycles. The van der Waals surface area contributed by atoms with Crippen LogP contribution in [0.3, 0.4) is 0 Å². The Morgan fingerprint density at radius 1 is 1.32 bits per heavy atom. The Morgan fingerprint density at radius 2 is 1.95 bits per heavy atom. The van der Waals surface area contributed by atoms with Gasteiger partial charge in [-0.3, -0.25) is 0 Å². The summed E-state index contributed by atoms with van der Waals surface area (Å²) in [6, 6.07) is 0.727. The Kier molecular flexibility index (Phi) is 5.44. The molecule has 1 heterocycles. The molecule has 0 spiro atoms. The van der Waals surface area contributed by atoms with E-state index in [4.69, 9.17) is 10.9 Å². The first-order valence-corrected chi connectivity index (χ1v) is 6.07. The monoisotopic (exact) mass is 274 g/mol. The molecule has 0 aliphatic carbocycles. The first-order valence-electron chi connectivity index (χ1n) is 6.07. The maximum atomic E-state index is 13.5. The maximum Gasteiger partial charge on any atom is 0.178 e. The van der Waals surface area contributed by atoms with E-state index in [0.29, 0.717) is 13.0 Å². The fourth-order valence-electron chi connectivity index (χ4n) is 1.66. The third-order valence-electron chi connectivity index (χ3n) is 2.81. The standard InChI is InChI=1S/C12H20F2N4O/c1-12(2,4-3-5-19)7-16-10-8(13)6-9(14)11(17-10)18-15/h6,19H,3-5,7,15H2,1-2H3,(H2,16,17,18). The lowest BCUT2D eigenvalue weighted by molar-refractivity contribution is 0.247. The molecule has 0 unspecified atom stereocenters. The van der Waals surface area contributed by atoms with Crippen molar-refractivity contribution in [1.82, 2.24) is 4.98 Å². The number of hydrazine groups is 1. The van der Waals surface area contributed by atoms with E-state index in [1.54, 1.807) is 0 Å². The second kappa shape index (κ2) is 6.63. The summed E-state index contributed by atoms with van der Waals surface area (Å²) in [4.78, 5) is 3.73. The molecule has 0 aliphatic rings. The van der Waals surface area contributed by atoms with Crippen molar-refractivity contribution in [2.24, 2.45) is 11.3 Å². The summed E-state index contributed by atoms with van der Waals surface area (Å²) in [5.74, 6) is 3.21. The predicted octanol–water partition coefficient (Wildman–Crippen LogP) is 1.86. The summed E-state index contributed by atoms with van der Waals surface area (Å²) in [5, 5.41) is 11.6. The van der Waals surface area contributed by atoms with Gasteiger partial charge in [-0.05, 0) is 18.3 Å². The second-order valence-corrected chi connectivity index (χ2v) is 5.14. The average Bonchev–Trinajstić information content (AvgIpc) is 2.35. The Morgan fingerprint density at radius 3 is 2.53 bits per heavy atom. The SMILES string of the molecule is CC(C)(CCCO)CNc1nc(NN)c(F)cc1F. The van der Waals surface area contributed by atoms with Crippen molar-refractivity contribution in [3.05, 3.63) is 17.7 Å². The summed E-state index contributed by atoms with van der Waals surface area (Å²) < 4.78 is 26.7. The first kappa shape index (κ1) is 15.6. The largest absolute Gasteiger partial charge is 0.396 e. The van der Waals surface area contributed by atoms with Gasteiger partial charge in [-0.1, -0.05) is 13.8 Å². The van der Waals surface area contributed by atoms with Crippen LogP contribution in [0.5, 0.6) is 0 Å². The molecule has 19 heavy (non-hydrogen) atoms. The van der Waals surface area contributed by atoms with Gasteiger partial charge in [-0.15, -0.1) is 0 Å². The number of aliphatic hydroxyl groups excluding tert-OH is 1. The van der Waals surface area contributed by atoms with E-state index in [1.165, 1.54) is 0 Å². The molecule has 0 aromatic carbocycles.